The van der Waals surface area contributed by atoms with Gasteiger partial charge in [0.25, 0.3) is 0 Å². The Bertz CT molecular complexity index is 1130. The van der Waals surface area contributed by atoms with E-state index in [-0.39, 0.29) is 5.82 Å². The molecular weight excluding hydrogens is 421 g/mol. The van der Waals surface area contributed by atoms with Crippen LogP contribution < -0.4 is 4.74 Å². The lowest BCUT2D eigenvalue weighted by molar-refractivity contribution is 0.204. The van der Waals surface area contributed by atoms with Gasteiger partial charge in [-0.3, -0.25) is 0 Å². The highest BCUT2D eigenvalue weighted by Crippen LogP contribution is 2.35. The van der Waals surface area contributed by atoms with Crippen molar-refractivity contribution in [1.29, 1.82) is 0 Å². The van der Waals surface area contributed by atoms with Crippen LogP contribution in [0, 0.1) is 12.7 Å². The van der Waals surface area contributed by atoms with Crippen molar-refractivity contribution >= 4 is 10.0 Å². The van der Waals surface area contributed by atoms with Crippen LogP contribution in [-0.4, -0.2) is 36.0 Å². The van der Waals surface area contributed by atoms with Gasteiger partial charge in [0, 0.05) is 13.0 Å². The number of hydrogen-bond donors (Lipinski definition) is 0. The fourth-order valence-corrected chi connectivity index (χ4v) is 5.59. The van der Waals surface area contributed by atoms with Gasteiger partial charge in [0.05, 0.1) is 11.5 Å². The molecule has 1 aromatic heterocycles. The average Bonchev–Trinajstić information content (AvgIpc) is 3.24. The summed E-state index contributed by atoms with van der Waals surface area (Å²) in [6, 6.07) is 12.2. The number of hydrogen-bond acceptors (Lipinski definition) is 6. The summed E-state index contributed by atoms with van der Waals surface area (Å²) in [5, 5.41) is 4.00. The minimum Gasteiger partial charge on any atom is -0.493 e. The lowest BCUT2D eigenvalue weighted by Gasteiger charge is -2.32. The zero-order valence-electron chi connectivity index (χ0n) is 17.2. The summed E-state index contributed by atoms with van der Waals surface area (Å²) >= 11 is 0. The second-order valence-electron chi connectivity index (χ2n) is 7.49. The van der Waals surface area contributed by atoms with Crippen molar-refractivity contribution < 1.29 is 22.1 Å². The standard InChI is InChI=1S/C22H24FN3O4S/c1-16-6-2-3-8-20(16)31(27,28)26-14-5-4-7-19(26)22-24-21(25-30-22)13-15-29-18-11-9-17(23)10-12-18/h2-3,6,8-12,19H,4-5,7,13-15H2,1H3. The number of sulfonamides is 1. The summed E-state index contributed by atoms with van der Waals surface area (Å²) in [5.74, 6) is 0.963. The first-order valence-electron chi connectivity index (χ1n) is 10.2. The molecule has 1 unspecified atom stereocenters. The monoisotopic (exact) mass is 445 g/mol. The Morgan fingerprint density at radius 3 is 2.71 bits per heavy atom. The SMILES string of the molecule is Cc1ccccc1S(=O)(=O)N1CCCCC1c1nc(CCOc2ccc(F)cc2)no1. The molecular formula is C22H24FN3O4S. The van der Waals surface area contributed by atoms with Crippen molar-refractivity contribution in [2.45, 2.75) is 43.5 Å². The van der Waals surface area contributed by atoms with Crippen molar-refractivity contribution in [2.24, 2.45) is 0 Å². The number of piperidine rings is 1. The van der Waals surface area contributed by atoms with Crippen molar-refractivity contribution in [3.63, 3.8) is 0 Å². The van der Waals surface area contributed by atoms with Crippen LogP contribution in [-0.2, 0) is 16.4 Å². The molecule has 1 saturated heterocycles. The van der Waals surface area contributed by atoms with Crippen LogP contribution in [0.4, 0.5) is 4.39 Å². The first-order valence-corrected chi connectivity index (χ1v) is 11.7. The Hall–Kier alpha value is -2.78. The Morgan fingerprint density at radius 2 is 1.94 bits per heavy atom. The van der Waals surface area contributed by atoms with Crippen LogP contribution in [0.1, 0.15) is 42.6 Å². The summed E-state index contributed by atoms with van der Waals surface area (Å²) in [6.07, 6.45) is 2.68. The van der Waals surface area contributed by atoms with Crippen LogP contribution in [0.25, 0.3) is 0 Å². The van der Waals surface area contributed by atoms with E-state index in [1.54, 1.807) is 37.3 Å². The molecule has 1 aliphatic rings. The van der Waals surface area contributed by atoms with E-state index >= 15 is 0 Å². The molecule has 0 saturated carbocycles. The third kappa shape index (κ3) is 4.77. The molecule has 0 spiro atoms. The number of nitrogens with zero attached hydrogens (tertiary/aromatic N) is 3. The van der Waals surface area contributed by atoms with Crippen molar-refractivity contribution in [1.82, 2.24) is 14.4 Å². The van der Waals surface area contributed by atoms with Crippen LogP contribution in [0.3, 0.4) is 0 Å². The minimum atomic E-state index is -3.69. The Kier molecular flexibility index (Phi) is 6.33. The molecule has 0 N–H and O–H groups in total. The predicted molar refractivity (Wildman–Crippen MR) is 112 cm³/mol. The Labute approximate surface area is 180 Å². The van der Waals surface area contributed by atoms with E-state index in [1.165, 1.54) is 16.4 Å². The molecule has 2 heterocycles. The summed E-state index contributed by atoms with van der Waals surface area (Å²) < 4.78 is 52.1. The third-order valence-electron chi connectivity index (χ3n) is 5.31. The third-order valence-corrected chi connectivity index (χ3v) is 7.38. The highest BCUT2D eigenvalue weighted by Gasteiger charge is 2.38. The van der Waals surface area contributed by atoms with E-state index in [0.717, 1.165) is 12.8 Å². The van der Waals surface area contributed by atoms with Crippen LogP contribution in [0.2, 0.25) is 0 Å². The first-order chi connectivity index (χ1) is 14.9. The molecule has 0 amide bonds. The molecule has 9 heteroatoms. The molecule has 2 aromatic carbocycles. The molecule has 1 aliphatic heterocycles. The van der Waals surface area contributed by atoms with Gasteiger partial charge in [0.2, 0.25) is 15.9 Å². The maximum absolute atomic E-state index is 13.3. The largest absolute Gasteiger partial charge is 0.493 e. The molecule has 4 rings (SSSR count). The fourth-order valence-electron chi connectivity index (χ4n) is 3.71. The summed E-state index contributed by atoms with van der Waals surface area (Å²) in [7, 11) is -3.69. The van der Waals surface area contributed by atoms with Gasteiger partial charge in [0.1, 0.15) is 17.6 Å². The zero-order valence-corrected chi connectivity index (χ0v) is 18.0. The number of aryl methyl sites for hydroxylation is 1. The number of halogens is 1. The van der Waals surface area contributed by atoms with Gasteiger partial charge in [-0.15, -0.1) is 0 Å². The van der Waals surface area contributed by atoms with Crippen molar-refractivity contribution in [3.8, 4) is 5.75 Å². The second kappa shape index (κ2) is 9.15. The average molecular weight is 446 g/mol. The highest BCUT2D eigenvalue weighted by atomic mass is 32.2. The van der Waals surface area contributed by atoms with E-state index in [1.807, 2.05) is 6.07 Å². The van der Waals surface area contributed by atoms with Gasteiger partial charge in [-0.2, -0.15) is 9.29 Å². The zero-order chi connectivity index (χ0) is 21.8. The first kappa shape index (κ1) is 21.5. The number of benzene rings is 2. The summed E-state index contributed by atoms with van der Waals surface area (Å²) in [5.41, 5.74) is 0.705. The molecule has 1 atom stereocenters. The number of ether oxygens (including phenoxy) is 1. The van der Waals surface area contributed by atoms with E-state index in [9.17, 15) is 12.8 Å². The molecule has 0 aliphatic carbocycles. The maximum atomic E-state index is 13.3. The fraction of sp³-hybridized carbons (Fsp3) is 0.364. The van der Waals surface area contributed by atoms with Gasteiger partial charge in [-0.25, -0.2) is 12.8 Å². The van der Waals surface area contributed by atoms with Crippen molar-refractivity contribution in [3.05, 3.63) is 71.6 Å². The van der Waals surface area contributed by atoms with Crippen LogP contribution in [0.5, 0.6) is 5.75 Å². The molecule has 0 bridgehead atoms. The Morgan fingerprint density at radius 1 is 1.16 bits per heavy atom. The Balaban J connectivity index is 1.47. The molecule has 164 valence electrons. The summed E-state index contributed by atoms with van der Waals surface area (Å²) in [4.78, 5) is 4.74. The van der Waals surface area contributed by atoms with E-state index in [2.05, 4.69) is 10.1 Å². The van der Waals surface area contributed by atoms with Gasteiger partial charge >= 0.3 is 0 Å². The van der Waals surface area contributed by atoms with Crippen molar-refractivity contribution in [2.75, 3.05) is 13.2 Å². The maximum Gasteiger partial charge on any atom is 0.245 e. The molecule has 3 aromatic rings. The van der Waals surface area contributed by atoms with Gasteiger partial charge in [-0.05, 0) is 55.7 Å². The van der Waals surface area contributed by atoms with Gasteiger partial charge in [0.15, 0.2) is 5.82 Å². The molecule has 7 nitrogen and oxygen atoms in total. The second-order valence-corrected chi connectivity index (χ2v) is 9.35. The van der Waals surface area contributed by atoms with E-state index in [4.69, 9.17) is 9.26 Å². The lowest BCUT2D eigenvalue weighted by atomic mass is 10.1. The molecule has 1 fully saturated rings. The summed E-state index contributed by atoms with van der Waals surface area (Å²) in [6.45, 7) is 2.49. The van der Waals surface area contributed by atoms with Crippen LogP contribution in [0.15, 0.2) is 57.9 Å². The van der Waals surface area contributed by atoms with Crippen LogP contribution >= 0.6 is 0 Å². The molecule has 0 radical (unpaired) electrons. The van der Waals surface area contributed by atoms with Gasteiger partial charge < -0.3 is 9.26 Å². The lowest BCUT2D eigenvalue weighted by Crippen LogP contribution is -2.38. The quantitative estimate of drug-likeness (QED) is 0.545. The highest BCUT2D eigenvalue weighted by molar-refractivity contribution is 7.89. The smallest absolute Gasteiger partial charge is 0.245 e. The molecule has 31 heavy (non-hydrogen) atoms. The van der Waals surface area contributed by atoms with E-state index in [0.29, 0.717) is 53.9 Å². The topological polar surface area (TPSA) is 85.5 Å². The number of rotatable bonds is 7. The normalized spacial score (nSPS) is 17.5. The predicted octanol–water partition coefficient (Wildman–Crippen LogP) is 4.05. The van der Waals surface area contributed by atoms with Gasteiger partial charge in [-0.1, -0.05) is 29.8 Å². The number of aromatic nitrogens is 2. The minimum absolute atomic E-state index is 0.292. The van der Waals surface area contributed by atoms with E-state index < -0.39 is 16.1 Å².